The Morgan fingerprint density at radius 3 is 0.876 bits per heavy atom. The van der Waals surface area contributed by atoms with Gasteiger partial charge in [-0.2, -0.15) is 0 Å². The van der Waals surface area contributed by atoms with E-state index in [0.29, 0.717) is 5.46 Å². The summed E-state index contributed by atoms with van der Waals surface area (Å²) in [5, 5.41) is 30.9. The van der Waals surface area contributed by atoms with Crippen LogP contribution >= 0.6 is 32.9 Å². The smallest absolute Gasteiger partial charge is 0.423 e. The zero-order valence-electron chi connectivity index (χ0n) is 53.1. The van der Waals surface area contributed by atoms with Crippen molar-refractivity contribution in [3.8, 4) is 100 Å². The third-order valence-electron chi connectivity index (χ3n) is 18.2. The molecule has 0 amide bonds. The maximum Gasteiger partial charge on any atom is 0.488 e. The average molecular weight is 1370 g/mol. The van der Waals surface area contributed by atoms with Gasteiger partial charge in [-0.1, -0.05) is 344 Å². The summed E-state index contributed by atoms with van der Waals surface area (Å²) in [5.74, 6) is 0. The van der Waals surface area contributed by atoms with Crippen LogP contribution in [0.5, 0.6) is 0 Å². The van der Waals surface area contributed by atoms with Crippen molar-refractivity contribution >= 4 is 99.4 Å². The molecular formula is C92H65BBr2O2. The van der Waals surface area contributed by atoms with Gasteiger partial charge in [0.2, 0.25) is 0 Å². The van der Waals surface area contributed by atoms with Crippen molar-refractivity contribution in [2.24, 2.45) is 0 Å². The Labute approximate surface area is 585 Å². The third-order valence-corrected chi connectivity index (χ3v) is 18.7. The largest absolute Gasteiger partial charge is 0.488 e. The van der Waals surface area contributed by atoms with E-state index in [2.05, 4.69) is 344 Å². The van der Waals surface area contributed by atoms with Crippen LogP contribution in [0.2, 0.25) is 0 Å². The molecule has 0 aliphatic carbocycles. The van der Waals surface area contributed by atoms with Gasteiger partial charge in [-0.25, -0.2) is 0 Å². The summed E-state index contributed by atoms with van der Waals surface area (Å²) in [7, 11) is -1.44. The molecular weight excluding hydrogens is 1310 g/mol. The Morgan fingerprint density at radius 1 is 0.186 bits per heavy atom. The van der Waals surface area contributed by atoms with Crippen molar-refractivity contribution < 1.29 is 10.0 Å². The van der Waals surface area contributed by atoms with E-state index < -0.39 is 7.12 Å². The van der Waals surface area contributed by atoms with Gasteiger partial charge in [0, 0.05) is 4.47 Å². The Kier molecular flexibility index (Phi) is 18.9. The molecule has 0 fully saturated rings. The van der Waals surface area contributed by atoms with Crippen LogP contribution < -0.4 is 5.46 Å². The fourth-order valence-electron chi connectivity index (χ4n) is 13.6. The Balaban J connectivity index is 0.000000153. The molecule has 17 rings (SSSR count). The second kappa shape index (κ2) is 28.9. The zero-order chi connectivity index (χ0) is 64.7. The molecule has 0 heterocycles. The Bertz CT molecular complexity index is 5420. The lowest BCUT2D eigenvalue weighted by Crippen LogP contribution is -2.29. The molecule has 2 N–H and O–H groups in total. The molecule has 0 aliphatic heterocycles. The number of halogens is 2. The van der Waals surface area contributed by atoms with E-state index in [1.807, 2.05) is 42.5 Å². The second-order valence-electron chi connectivity index (χ2n) is 24.2. The quantitative estimate of drug-likeness (QED) is 0.134. The molecule has 0 unspecified atom stereocenters. The lowest BCUT2D eigenvalue weighted by atomic mass is 9.79. The third kappa shape index (κ3) is 13.5. The maximum atomic E-state index is 9.26. The molecule has 17 aromatic carbocycles. The van der Waals surface area contributed by atoms with Crippen LogP contribution in [-0.4, -0.2) is 17.2 Å². The van der Waals surface area contributed by atoms with Crippen molar-refractivity contribution in [2.45, 2.75) is 0 Å². The molecule has 0 radical (unpaired) electrons. The van der Waals surface area contributed by atoms with Gasteiger partial charge in [0.25, 0.3) is 0 Å². The summed E-state index contributed by atoms with van der Waals surface area (Å²) in [6.07, 6.45) is 0. The average Bonchev–Trinajstić information content (AvgIpc) is 0.721. The fourth-order valence-corrected chi connectivity index (χ4v) is 14.1. The molecule has 0 spiro atoms. The molecule has 0 aromatic heterocycles. The van der Waals surface area contributed by atoms with Crippen molar-refractivity contribution in [3.63, 3.8) is 0 Å². The van der Waals surface area contributed by atoms with Gasteiger partial charge < -0.3 is 10.0 Å². The summed E-state index contributed by atoms with van der Waals surface area (Å²) in [6.45, 7) is 0. The molecule has 0 saturated carbocycles. The van der Waals surface area contributed by atoms with Crippen molar-refractivity contribution in [1.29, 1.82) is 0 Å². The lowest BCUT2D eigenvalue weighted by Gasteiger charge is -2.18. The highest BCUT2D eigenvalue weighted by atomic mass is 79.9. The molecule has 0 atom stereocenters. The van der Waals surface area contributed by atoms with Gasteiger partial charge in [-0.15, -0.1) is 17.0 Å². The van der Waals surface area contributed by atoms with Crippen LogP contribution in [0.1, 0.15) is 0 Å². The van der Waals surface area contributed by atoms with Crippen LogP contribution in [0, 0.1) is 0 Å². The highest BCUT2D eigenvalue weighted by molar-refractivity contribution is 9.10. The fraction of sp³-hybridized carbons (Fsp3) is 0. The first kappa shape index (κ1) is 63.4. The highest BCUT2D eigenvalue weighted by Crippen LogP contribution is 2.44. The van der Waals surface area contributed by atoms with E-state index in [-0.39, 0.29) is 17.0 Å². The van der Waals surface area contributed by atoms with Crippen LogP contribution in [0.3, 0.4) is 0 Å². The minimum atomic E-state index is -1.44. The number of benzene rings is 17. The van der Waals surface area contributed by atoms with Crippen LogP contribution in [-0.2, 0) is 0 Å². The van der Waals surface area contributed by atoms with Crippen molar-refractivity contribution in [1.82, 2.24) is 0 Å². The summed E-state index contributed by atoms with van der Waals surface area (Å²) in [5.41, 5.74) is 22.2. The maximum absolute atomic E-state index is 9.26. The molecule has 17 aromatic rings. The first-order valence-electron chi connectivity index (χ1n) is 32.5. The first-order valence-corrected chi connectivity index (χ1v) is 33.3. The van der Waals surface area contributed by atoms with Crippen molar-refractivity contribution in [3.05, 3.63) is 381 Å². The predicted molar refractivity (Wildman–Crippen MR) is 424 cm³/mol. The summed E-state index contributed by atoms with van der Waals surface area (Å²) in [4.78, 5) is 0. The van der Waals surface area contributed by atoms with E-state index in [0.717, 1.165) is 21.0 Å². The number of hydrogen-bond donors (Lipinski definition) is 2. The van der Waals surface area contributed by atoms with E-state index in [1.165, 1.54) is 137 Å². The monoisotopic (exact) mass is 1370 g/mol. The summed E-state index contributed by atoms with van der Waals surface area (Å²) >= 11 is 3.69. The summed E-state index contributed by atoms with van der Waals surface area (Å²) in [6, 6.07) is 134. The topological polar surface area (TPSA) is 40.5 Å². The molecule has 5 heteroatoms. The van der Waals surface area contributed by atoms with E-state index >= 15 is 0 Å². The molecule has 97 heavy (non-hydrogen) atoms. The standard InChI is InChI=1S/C54H36.C22H15Br.C16H13BO2.BrH/c1-3-15-39(16-4-1)51-33-45(41-23-11-25-43(31-41)49-29-13-21-37-19-7-9-27-47(37)49)36-54-52(40-17-5-2-6-18-40)34-46(35-53(51)54)42-24-12-26-44(32-42)50-30-14-22-38-20-8-10-28-48(38)50;23-18-14-21(17-10-5-2-6-11-17)20-13-7-12-19(22(20)15-18)16-8-3-1-4-9-16;18-17(19)14-8-3-7-13(11-14)16-10-4-6-12-5-1-2-9-15(12)16;/h1-36H;1-15H;1-11,18-19H;1H. The second-order valence-corrected chi connectivity index (χ2v) is 25.1. The molecule has 0 saturated heterocycles. The zero-order valence-corrected chi connectivity index (χ0v) is 56.4. The minimum Gasteiger partial charge on any atom is -0.423 e. The van der Waals surface area contributed by atoms with Gasteiger partial charge in [-0.05, 0) is 208 Å². The van der Waals surface area contributed by atoms with Crippen LogP contribution in [0.25, 0.3) is 154 Å². The number of fused-ring (bicyclic) bond motifs is 5. The van der Waals surface area contributed by atoms with Crippen molar-refractivity contribution in [2.75, 3.05) is 0 Å². The number of hydrogen-bond acceptors (Lipinski definition) is 2. The van der Waals surface area contributed by atoms with Gasteiger partial charge in [0.15, 0.2) is 0 Å². The van der Waals surface area contributed by atoms with E-state index in [9.17, 15) is 10.0 Å². The molecule has 462 valence electrons. The van der Waals surface area contributed by atoms with E-state index in [1.54, 1.807) is 6.07 Å². The van der Waals surface area contributed by atoms with Gasteiger partial charge >= 0.3 is 7.12 Å². The molecule has 0 aliphatic rings. The van der Waals surface area contributed by atoms with Gasteiger partial charge in [-0.3, -0.25) is 0 Å². The SMILES string of the molecule is Br.Brc1cc(-c2ccccc2)c2cccc(-c3ccccc3)c2c1.OB(O)c1cccc(-c2cccc3ccccc23)c1.c1ccc(-c2cc(-c3cccc(-c4cccc5ccccc45)c3)cc3c(-c4ccccc4)cc(-c4cccc(-c5cccc6ccccc56)c4)cc23)cc1. The van der Waals surface area contributed by atoms with E-state index in [4.69, 9.17) is 0 Å². The first-order chi connectivity index (χ1) is 47.3. The Hall–Kier alpha value is -11.0. The Morgan fingerprint density at radius 2 is 0.464 bits per heavy atom. The van der Waals surface area contributed by atoms with Gasteiger partial charge in [0.1, 0.15) is 0 Å². The molecule has 0 bridgehead atoms. The minimum absolute atomic E-state index is 0. The van der Waals surface area contributed by atoms with Crippen LogP contribution in [0.4, 0.5) is 0 Å². The van der Waals surface area contributed by atoms with Gasteiger partial charge in [0.05, 0.1) is 0 Å². The van der Waals surface area contributed by atoms with Crippen LogP contribution in [0.15, 0.2) is 381 Å². The summed E-state index contributed by atoms with van der Waals surface area (Å²) < 4.78 is 1.10. The molecule has 2 nitrogen and oxygen atoms in total. The predicted octanol–water partition coefficient (Wildman–Crippen LogP) is 24.8. The highest BCUT2D eigenvalue weighted by Gasteiger charge is 2.18. The lowest BCUT2D eigenvalue weighted by molar-refractivity contribution is 0.426. The normalized spacial score (nSPS) is 11.0. The number of rotatable bonds is 10.